The molecule has 5 heteroatoms. The fourth-order valence-corrected chi connectivity index (χ4v) is 7.02. The largest absolute Gasteiger partial charge is 0.309 e. The summed E-state index contributed by atoms with van der Waals surface area (Å²) in [6, 6.07) is 12.9. The molecule has 3 saturated carbocycles. The number of carbonyl (C=O) groups is 1. The van der Waals surface area contributed by atoms with Gasteiger partial charge in [-0.25, -0.2) is 14.4 Å². The van der Waals surface area contributed by atoms with Crippen LogP contribution in [0.5, 0.6) is 0 Å². The summed E-state index contributed by atoms with van der Waals surface area (Å²) in [4.78, 5) is 24.7. The van der Waals surface area contributed by atoms with Crippen molar-refractivity contribution in [3.8, 4) is 11.1 Å². The van der Waals surface area contributed by atoms with Gasteiger partial charge < -0.3 is 4.90 Å². The van der Waals surface area contributed by atoms with Crippen LogP contribution in [0.25, 0.3) is 11.1 Å². The zero-order valence-electron chi connectivity index (χ0n) is 21.2. The van der Waals surface area contributed by atoms with Gasteiger partial charge in [0.15, 0.2) is 5.78 Å². The van der Waals surface area contributed by atoms with E-state index < -0.39 is 0 Å². The number of aromatic nitrogens is 2. The van der Waals surface area contributed by atoms with Crippen molar-refractivity contribution in [2.75, 3.05) is 11.4 Å². The number of fused-ring (bicyclic) bond motifs is 2. The van der Waals surface area contributed by atoms with Gasteiger partial charge in [0.2, 0.25) is 5.95 Å². The number of benzene rings is 2. The summed E-state index contributed by atoms with van der Waals surface area (Å²) in [5.74, 6) is 0.422. The Morgan fingerprint density at radius 1 is 0.919 bits per heavy atom. The van der Waals surface area contributed by atoms with Crippen LogP contribution < -0.4 is 4.90 Å². The molecule has 2 spiro atoms. The Hall–Kier alpha value is -3.34. The summed E-state index contributed by atoms with van der Waals surface area (Å²) < 4.78 is 14.2. The molecule has 3 aromatic rings. The number of carbonyl (C=O) groups excluding carboxylic acids is 1. The lowest BCUT2D eigenvalue weighted by Gasteiger charge is -2.34. The minimum absolute atomic E-state index is 0.104. The van der Waals surface area contributed by atoms with E-state index in [9.17, 15) is 9.18 Å². The van der Waals surface area contributed by atoms with Crippen molar-refractivity contribution in [1.29, 1.82) is 0 Å². The van der Waals surface area contributed by atoms with Crippen molar-refractivity contribution in [2.24, 2.45) is 5.41 Å². The first-order valence-electron chi connectivity index (χ1n) is 13.8. The van der Waals surface area contributed by atoms with Crippen LogP contribution in [0.1, 0.15) is 80.1 Å². The molecule has 1 aromatic heterocycles. The summed E-state index contributed by atoms with van der Waals surface area (Å²) in [6.45, 7) is 0.822. The van der Waals surface area contributed by atoms with Gasteiger partial charge in [-0.05, 0) is 80.6 Å². The normalized spacial score (nSPS) is 20.9. The number of nitrogens with zero attached hydrogens (tertiary/aromatic N) is 3. The molecule has 37 heavy (non-hydrogen) atoms. The molecule has 0 radical (unpaired) electrons. The topological polar surface area (TPSA) is 46.1 Å². The Labute approximate surface area is 217 Å². The van der Waals surface area contributed by atoms with Crippen molar-refractivity contribution in [1.82, 2.24) is 9.97 Å². The quantitative estimate of drug-likeness (QED) is 0.276. The molecular weight excluding hydrogens is 461 g/mol. The molecule has 0 N–H and O–H groups in total. The highest BCUT2D eigenvalue weighted by molar-refractivity contribution is 6.06. The zero-order chi connectivity index (χ0) is 25.0. The first-order chi connectivity index (χ1) is 18.0. The molecule has 3 fully saturated rings. The molecule has 3 aliphatic carbocycles. The van der Waals surface area contributed by atoms with E-state index in [1.807, 2.05) is 24.3 Å². The molecule has 188 valence electrons. The Bertz CT molecular complexity index is 1390. The van der Waals surface area contributed by atoms with Crippen LogP contribution in [0.2, 0.25) is 0 Å². The summed E-state index contributed by atoms with van der Waals surface area (Å²) >= 11 is 0. The van der Waals surface area contributed by atoms with Crippen LogP contribution in [0.4, 0.5) is 16.0 Å². The van der Waals surface area contributed by atoms with Crippen molar-refractivity contribution in [2.45, 2.75) is 69.6 Å². The van der Waals surface area contributed by atoms with Crippen molar-refractivity contribution >= 4 is 17.4 Å². The molecule has 0 amide bonds. The Kier molecular flexibility index (Phi) is 5.31. The number of hydrogen-bond acceptors (Lipinski definition) is 4. The molecule has 0 unspecified atom stereocenters. The Morgan fingerprint density at radius 3 is 2.35 bits per heavy atom. The smallest absolute Gasteiger partial charge is 0.229 e. The number of ketones is 1. The molecule has 0 saturated heterocycles. The maximum atomic E-state index is 14.2. The highest BCUT2D eigenvalue weighted by Crippen LogP contribution is 2.58. The standard InChI is InChI=1S/C32H32FN3O/c33-27-6-2-1-5-25(27)24-19-34-30(35-20-24)36-21-32(15-16-32)26-8-7-23(18-28(26)36)29(37)17-22-9-13-31(14-10-22)11-3-4-12-31/h1-2,5-8,17-20H,3-4,9-16,21H2. The summed E-state index contributed by atoms with van der Waals surface area (Å²) in [5.41, 5.74) is 6.23. The summed E-state index contributed by atoms with van der Waals surface area (Å²) in [7, 11) is 0. The van der Waals surface area contributed by atoms with E-state index >= 15 is 0 Å². The predicted octanol–water partition coefficient (Wildman–Crippen LogP) is 7.71. The minimum Gasteiger partial charge on any atom is -0.309 e. The van der Waals surface area contributed by atoms with Crippen LogP contribution >= 0.6 is 0 Å². The van der Waals surface area contributed by atoms with Crippen LogP contribution in [0, 0.1) is 11.2 Å². The van der Waals surface area contributed by atoms with Crippen molar-refractivity contribution < 1.29 is 9.18 Å². The highest BCUT2D eigenvalue weighted by Gasteiger charge is 2.52. The second-order valence-electron chi connectivity index (χ2n) is 11.7. The van der Waals surface area contributed by atoms with Crippen LogP contribution in [0.15, 0.2) is 66.5 Å². The second kappa shape index (κ2) is 8.61. The zero-order valence-corrected chi connectivity index (χ0v) is 21.2. The number of rotatable bonds is 4. The lowest BCUT2D eigenvalue weighted by atomic mass is 9.71. The minimum atomic E-state index is -0.282. The third-order valence-corrected chi connectivity index (χ3v) is 9.48. The molecule has 0 atom stereocenters. The van der Waals surface area contributed by atoms with E-state index in [0.29, 0.717) is 22.5 Å². The number of hydrogen-bond donors (Lipinski definition) is 0. The highest BCUT2D eigenvalue weighted by atomic mass is 19.1. The first kappa shape index (κ1) is 22.8. The molecule has 7 rings (SSSR count). The van der Waals surface area contributed by atoms with Gasteiger partial charge >= 0.3 is 0 Å². The molecule has 2 heterocycles. The molecule has 4 aliphatic rings. The van der Waals surface area contributed by atoms with Gasteiger partial charge in [0, 0.05) is 46.7 Å². The molecular formula is C32H32FN3O. The number of allylic oxidation sites excluding steroid dienone is 2. The van der Waals surface area contributed by atoms with Crippen LogP contribution in [-0.4, -0.2) is 22.3 Å². The fourth-order valence-electron chi connectivity index (χ4n) is 7.02. The average molecular weight is 494 g/mol. The fraction of sp³-hybridized carbons (Fsp3) is 0.406. The monoisotopic (exact) mass is 493 g/mol. The third-order valence-electron chi connectivity index (χ3n) is 9.48. The van der Waals surface area contributed by atoms with E-state index in [2.05, 4.69) is 20.9 Å². The van der Waals surface area contributed by atoms with Gasteiger partial charge in [-0.2, -0.15) is 0 Å². The van der Waals surface area contributed by atoms with E-state index in [4.69, 9.17) is 0 Å². The lowest BCUT2D eigenvalue weighted by molar-refractivity contribution is 0.104. The van der Waals surface area contributed by atoms with Crippen LogP contribution in [-0.2, 0) is 5.41 Å². The summed E-state index contributed by atoms with van der Waals surface area (Å²) in [6.07, 6.45) is 17.7. The van der Waals surface area contributed by atoms with Gasteiger partial charge in [0.25, 0.3) is 0 Å². The number of halogens is 1. The maximum Gasteiger partial charge on any atom is 0.229 e. The average Bonchev–Trinajstić information content (AvgIpc) is 3.45. The summed E-state index contributed by atoms with van der Waals surface area (Å²) in [5, 5.41) is 0. The van der Waals surface area contributed by atoms with E-state index in [1.54, 1.807) is 24.5 Å². The van der Waals surface area contributed by atoms with Crippen molar-refractivity contribution in [3.63, 3.8) is 0 Å². The maximum absolute atomic E-state index is 14.2. The molecule has 2 aromatic carbocycles. The predicted molar refractivity (Wildman–Crippen MR) is 144 cm³/mol. The third kappa shape index (κ3) is 4.00. The van der Waals surface area contributed by atoms with E-state index in [-0.39, 0.29) is 17.0 Å². The SMILES string of the molecule is O=C(C=C1CCC2(CCCC2)CC1)c1ccc2c(c1)N(c1ncc(-c3ccccc3F)cn1)CC21CC1. The van der Waals surface area contributed by atoms with Gasteiger partial charge in [0.1, 0.15) is 5.82 Å². The van der Waals surface area contributed by atoms with E-state index in [0.717, 1.165) is 43.5 Å². The van der Waals surface area contributed by atoms with Gasteiger partial charge in [-0.1, -0.05) is 48.7 Å². The Balaban J connectivity index is 1.14. The van der Waals surface area contributed by atoms with Crippen LogP contribution in [0.3, 0.4) is 0 Å². The molecule has 4 nitrogen and oxygen atoms in total. The second-order valence-corrected chi connectivity index (χ2v) is 11.7. The molecule has 0 bridgehead atoms. The van der Waals surface area contributed by atoms with E-state index in [1.165, 1.54) is 55.7 Å². The first-order valence-corrected chi connectivity index (χ1v) is 13.8. The molecule has 1 aliphatic heterocycles. The Morgan fingerprint density at radius 2 is 1.65 bits per heavy atom. The van der Waals surface area contributed by atoms with Gasteiger partial charge in [-0.15, -0.1) is 0 Å². The van der Waals surface area contributed by atoms with Gasteiger partial charge in [0.05, 0.1) is 0 Å². The van der Waals surface area contributed by atoms with Crippen molar-refractivity contribution in [3.05, 3.63) is 83.5 Å². The lowest BCUT2D eigenvalue weighted by Crippen LogP contribution is -2.21. The van der Waals surface area contributed by atoms with Gasteiger partial charge in [-0.3, -0.25) is 4.79 Å². The number of anilines is 2.